The van der Waals surface area contributed by atoms with Crippen molar-refractivity contribution in [3.63, 3.8) is 0 Å². The van der Waals surface area contributed by atoms with E-state index < -0.39 is 0 Å². The molecule has 0 saturated carbocycles. The Balaban J connectivity index is 1.41. The zero-order valence-electron chi connectivity index (χ0n) is 16.0. The van der Waals surface area contributed by atoms with Crippen LogP contribution in [-0.2, 0) is 11.3 Å². The van der Waals surface area contributed by atoms with Gasteiger partial charge in [-0.25, -0.2) is 0 Å². The van der Waals surface area contributed by atoms with E-state index in [9.17, 15) is 4.79 Å². The van der Waals surface area contributed by atoms with E-state index in [0.29, 0.717) is 24.0 Å². The van der Waals surface area contributed by atoms with Crippen LogP contribution < -0.4 is 15.1 Å². The highest BCUT2D eigenvalue weighted by atomic mass is 16.5. The lowest BCUT2D eigenvalue weighted by molar-refractivity contribution is -1.02. The first-order valence-corrected chi connectivity index (χ1v) is 9.48. The van der Waals surface area contributed by atoms with Crippen LogP contribution in [-0.4, -0.2) is 43.8 Å². The highest BCUT2D eigenvalue weighted by Gasteiger charge is 2.25. The number of rotatable bonds is 6. The van der Waals surface area contributed by atoms with Gasteiger partial charge in [-0.05, 0) is 18.4 Å². The molecule has 6 nitrogen and oxygen atoms in total. The van der Waals surface area contributed by atoms with Gasteiger partial charge >= 0.3 is 0 Å². The number of benzene rings is 1. The number of hydrogen-bond acceptors (Lipinski definition) is 3. The number of carbonyl (C=O) groups excluding carboxylic acids is 1. The minimum Gasteiger partial charge on any atom is -0.360 e. The Morgan fingerprint density at radius 3 is 2.38 bits per heavy atom. The minimum atomic E-state index is 0.000948. The highest BCUT2D eigenvalue weighted by Crippen LogP contribution is 2.14. The molecule has 2 aromatic rings. The van der Waals surface area contributed by atoms with Gasteiger partial charge in [0.05, 0.1) is 0 Å². The Labute approximate surface area is 155 Å². The number of carbonyl (C=O) groups is 1. The Kier molecular flexibility index (Phi) is 6.06. The van der Waals surface area contributed by atoms with Crippen molar-refractivity contribution in [3.05, 3.63) is 47.2 Å². The molecule has 6 heteroatoms. The lowest BCUT2D eigenvalue weighted by Gasteiger charge is -2.29. The summed E-state index contributed by atoms with van der Waals surface area (Å²) < 4.78 is 4.97. The van der Waals surface area contributed by atoms with E-state index in [1.807, 2.05) is 6.92 Å². The molecular formula is C20H30N4O2+2. The quantitative estimate of drug-likeness (QED) is 0.683. The number of hydrogen-bond donors (Lipinski definition) is 3. The number of quaternary nitrogens is 2. The summed E-state index contributed by atoms with van der Waals surface area (Å²) in [6, 6.07) is 10.7. The van der Waals surface area contributed by atoms with Crippen molar-refractivity contribution in [2.75, 3.05) is 38.0 Å². The Morgan fingerprint density at radius 1 is 1.15 bits per heavy atom. The van der Waals surface area contributed by atoms with E-state index in [0.717, 1.165) is 32.7 Å². The predicted octanol–water partition coefficient (Wildman–Crippen LogP) is 0.0285. The van der Waals surface area contributed by atoms with Crippen LogP contribution in [0.2, 0.25) is 0 Å². The Hall–Kier alpha value is -2.18. The van der Waals surface area contributed by atoms with Gasteiger partial charge in [-0.15, -0.1) is 0 Å². The van der Waals surface area contributed by atoms with Crippen molar-refractivity contribution >= 4 is 11.7 Å². The van der Waals surface area contributed by atoms with Crippen molar-refractivity contribution < 1.29 is 19.1 Å². The summed E-state index contributed by atoms with van der Waals surface area (Å²) in [4.78, 5) is 15.1. The maximum Gasteiger partial charge on any atom is 0.280 e. The van der Waals surface area contributed by atoms with Crippen LogP contribution in [0.1, 0.15) is 36.7 Å². The summed E-state index contributed by atoms with van der Waals surface area (Å²) in [5, 5.41) is 6.61. The number of piperazine rings is 1. The molecule has 0 atom stereocenters. The molecular weight excluding hydrogens is 328 g/mol. The van der Waals surface area contributed by atoms with E-state index in [1.165, 1.54) is 16.0 Å². The second kappa shape index (κ2) is 8.47. The third-order valence-electron chi connectivity index (χ3n) is 5.07. The zero-order chi connectivity index (χ0) is 18.5. The molecule has 0 unspecified atom stereocenters. The molecule has 0 spiro atoms. The fourth-order valence-corrected chi connectivity index (χ4v) is 3.46. The standard InChI is InChI=1S/C20H28N4O2/c1-15(2)18-6-4-17(5-7-18)13-23-8-10-24(11-9-23)14-20(25)21-19-12-16(3)26-22-19/h4-7,12,15H,8-11,13-14H2,1-3H3,(H,21,22,25)/p+2. The number of nitrogens with one attached hydrogen (secondary N) is 3. The van der Waals surface area contributed by atoms with Crippen LogP contribution in [0.15, 0.2) is 34.9 Å². The maximum absolute atomic E-state index is 12.1. The molecule has 140 valence electrons. The number of aromatic nitrogens is 1. The van der Waals surface area contributed by atoms with Gasteiger partial charge in [0.25, 0.3) is 5.91 Å². The van der Waals surface area contributed by atoms with Gasteiger partial charge in [-0.1, -0.05) is 43.3 Å². The molecule has 1 amide bonds. The van der Waals surface area contributed by atoms with Crippen LogP contribution in [0.3, 0.4) is 0 Å². The molecule has 1 aromatic carbocycles. The lowest BCUT2D eigenvalue weighted by atomic mass is 10.0. The largest absolute Gasteiger partial charge is 0.360 e. The van der Waals surface area contributed by atoms with Crippen LogP contribution in [0.25, 0.3) is 0 Å². The average molecular weight is 358 g/mol. The summed E-state index contributed by atoms with van der Waals surface area (Å²) in [5.74, 6) is 1.78. The monoisotopic (exact) mass is 358 g/mol. The Bertz CT molecular complexity index is 716. The fourth-order valence-electron chi connectivity index (χ4n) is 3.46. The molecule has 0 aliphatic carbocycles. The summed E-state index contributed by atoms with van der Waals surface area (Å²) in [6.07, 6.45) is 0. The lowest BCUT2D eigenvalue weighted by Crippen LogP contribution is -3.28. The first-order chi connectivity index (χ1) is 12.5. The van der Waals surface area contributed by atoms with Gasteiger partial charge < -0.3 is 19.6 Å². The molecule has 0 radical (unpaired) electrons. The van der Waals surface area contributed by atoms with Crippen LogP contribution in [0.4, 0.5) is 5.82 Å². The first kappa shape index (κ1) is 18.6. The molecule has 3 rings (SSSR count). The molecule has 2 heterocycles. The van der Waals surface area contributed by atoms with E-state index in [-0.39, 0.29) is 5.91 Å². The third-order valence-corrected chi connectivity index (χ3v) is 5.07. The molecule has 1 aliphatic rings. The van der Waals surface area contributed by atoms with E-state index in [4.69, 9.17) is 4.52 Å². The molecule has 1 fully saturated rings. The van der Waals surface area contributed by atoms with Crippen LogP contribution >= 0.6 is 0 Å². The van der Waals surface area contributed by atoms with Gasteiger partial charge in [0.1, 0.15) is 38.5 Å². The number of amides is 1. The summed E-state index contributed by atoms with van der Waals surface area (Å²) in [7, 11) is 0. The maximum atomic E-state index is 12.1. The SMILES string of the molecule is Cc1cc(NC(=O)C[NH+]2CC[NH+](Cc3ccc(C(C)C)cc3)CC2)no1. The highest BCUT2D eigenvalue weighted by molar-refractivity contribution is 5.90. The van der Waals surface area contributed by atoms with Gasteiger partial charge in [0.15, 0.2) is 12.4 Å². The predicted molar refractivity (Wildman–Crippen MR) is 100 cm³/mol. The normalized spacial score (nSPS) is 20.3. The second-order valence-electron chi connectivity index (χ2n) is 7.62. The average Bonchev–Trinajstić information content (AvgIpc) is 3.02. The van der Waals surface area contributed by atoms with Crippen LogP contribution in [0.5, 0.6) is 0 Å². The molecule has 0 bridgehead atoms. The summed E-state index contributed by atoms with van der Waals surface area (Å²) in [5.41, 5.74) is 2.79. The zero-order valence-corrected chi connectivity index (χ0v) is 16.0. The smallest absolute Gasteiger partial charge is 0.280 e. The van der Waals surface area contributed by atoms with E-state index in [2.05, 4.69) is 48.6 Å². The van der Waals surface area contributed by atoms with Crippen molar-refractivity contribution in [2.24, 2.45) is 0 Å². The number of aryl methyl sites for hydroxylation is 1. The summed E-state index contributed by atoms with van der Waals surface area (Å²) >= 11 is 0. The van der Waals surface area contributed by atoms with Crippen molar-refractivity contribution in [1.29, 1.82) is 0 Å². The van der Waals surface area contributed by atoms with Gasteiger partial charge in [-0.2, -0.15) is 0 Å². The molecule has 3 N–H and O–H groups in total. The van der Waals surface area contributed by atoms with Gasteiger partial charge in [0, 0.05) is 11.6 Å². The molecule has 1 aliphatic heterocycles. The van der Waals surface area contributed by atoms with Gasteiger partial charge in [-0.3, -0.25) is 4.79 Å². The number of nitrogens with zero attached hydrogens (tertiary/aromatic N) is 1. The topological polar surface area (TPSA) is 64.0 Å². The third kappa shape index (κ3) is 5.16. The Morgan fingerprint density at radius 2 is 1.81 bits per heavy atom. The molecule has 1 aromatic heterocycles. The van der Waals surface area contributed by atoms with E-state index >= 15 is 0 Å². The fraction of sp³-hybridized carbons (Fsp3) is 0.500. The first-order valence-electron chi connectivity index (χ1n) is 9.48. The van der Waals surface area contributed by atoms with Crippen molar-refractivity contribution in [3.8, 4) is 0 Å². The molecule has 1 saturated heterocycles. The number of anilines is 1. The van der Waals surface area contributed by atoms with Crippen molar-refractivity contribution in [2.45, 2.75) is 33.2 Å². The summed E-state index contributed by atoms with van der Waals surface area (Å²) in [6.45, 7) is 12.0. The molecule has 26 heavy (non-hydrogen) atoms. The van der Waals surface area contributed by atoms with Gasteiger partial charge in [0.2, 0.25) is 0 Å². The van der Waals surface area contributed by atoms with E-state index in [1.54, 1.807) is 11.0 Å². The minimum absolute atomic E-state index is 0.000948. The van der Waals surface area contributed by atoms with Crippen LogP contribution in [0, 0.1) is 6.92 Å². The second-order valence-corrected chi connectivity index (χ2v) is 7.62. The van der Waals surface area contributed by atoms with Crippen molar-refractivity contribution in [1.82, 2.24) is 5.16 Å².